The Hall–Kier alpha value is -3.48. The van der Waals surface area contributed by atoms with Crippen molar-refractivity contribution in [2.45, 2.75) is 6.54 Å². The molecule has 0 spiro atoms. The number of oxazole rings is 1. The van der Waals surface area contributed by atoms with E-state index in [1.807, 2.05) is 0 Å². The zero-order valence-electron chi connectivity index (χ0n) is 13.8. The van der Waals surface area contributed by atoms with E-state index in [9.17, 15) is 14.0 Å². The first-order valence-electron chi connectivity index (χ1n) is 7.94. The van der Waals surface area contributed by atoms with Gasteiger partial charge in [0.2, 0.25) is 0 Å². The molecule has 26 heavy (non-hydrogen) atoms. The molecule has 0 atom stereocenters. The highest BCUT2D eigenvalue weighted by atomic mass is 19.1. The van der Waals surface area contributed by atoms with Gasteiger partial charge in [-0.05, 0) is 48.0 Å². The topological polar surface area (TPSA) is 70.0 Å². The minimum atomic E-state index is -0.439. The molecule has 0 amide bonds. The van der Waals surface area contributed by atoms with Crippen LogP contribution >= 0.6 is 0 Å². The molecule has 6 nitrogen and oxygen atoms in total. The van der Waals surface area contributed by atoms with Crippen LogP contribution in [0.4, 0.5) is 4.39 Å². The molecular weight excluding hydrogens is 337 g/mol. The molecule has 0 fully saturated rings. The number of nitrogens with zero attached hydrogens (tertiary/aromatic N) is 3. The van der Waals surface area contributed by atoms with E-state index in [0.717, 1.165) is 5.56 Å². The van der Waals surface area contributed by atoms with Crippen molar-refractivity contribution < 1.29 is 8.81 Å². The molecule has 0 aliphatic carbocycles. The Balaban J connectivity index is 1.73. The van der Waals surface area contributed by atoms with Gasteiger partial charge in [0.05, 0.1) is 17.8 Å². The van der Waals surface area contributed by atoms with Gasteiger partial charge in [0.25, 0.3) is 5.56 Å². The minimum absolute atomic E-state index is 0.239. The van der Waals surface area contributed by atoms with Crippen molar-refractivity contribution in [3.63, 3.8) is 0 Å². The summed E-state index contributed by atoms with van der Waals surface area (Å²) in [5.41, 5.74) is 2.97. The molecule has 0 saturated heterocycles. The van der Waals surface area contributed by atoms with E-state index in [1.165, 1.54) is 27.4 Å². The van der Waals surface area contributed by atoms with Crippen LogP contribution in [-0.4, -0.2) is 14.3 Å². The molecule has 0 unspecified atom stereocenters. The first-order chi connectivity index (χ1) is 12.5. The first kappa shape index (κ1) is 16.0. The van der Waals surface area contributed by atoms with Crippen molar-refractivity contribution in [3.05, 3.63) is 86.9 Å². The molecule has 0 N–H and O–H groups in total. The van der Waals surface area contributed by atoms with Gasteiger partial charge in [0.1, 0.15) is 5.82 Å². The zero-order valence-corrected chi connectivity index (χ0v) is 13.8. The number of rotatable bonds is 3. The lowest BCUT2D eigenvalue weighted by Crippen LogP contribution is -2.22. The second kappa shape index (κ2) is 6.11. The molecule has 2 aromatic carbocycles. The quantitative estimate of drug-likeness (QED) is 0.569. The average molecular weight is 351 g/mol. The molecule has 0 saturated carbocycles. The van der Waals surface area contributed by atoms with Gasteiger partial charge in [-0.1, -0.05) is 6.07 Å². The fourth-order valence-electron chi connectivity index (χ4n) is 2.78. The normalized spacial score (nSPS) is 11.2. The van der Waals surface area contributed by atoms with Crippen LogP contribution in [0, 0.1) is 5.82 Å². The van der Waals surface area contributed by atoms with E-state index in [1.54, 1.807) is 43.4 Å². The highest BCUT2D eigenvalue weighted by Gasteiger charge is 2.09. The van der Waals surface area contributed by atoms with Gasteiger partial charge >= 0.3 is 5.76 Å². The summed E-state index contributed by atoms with van der Waals surface area (Å²) in [6.07, 6.45) is 0. The Morgan fingerprint density at radius 2 is 1.81 bits per heavy atom. The molecule has 7 heteroatoms. The fraction of sp³-hybridized carbons (Fsp3) is 0.105. The lowest BCUT2D eigenvalue weighted by atomic mass is 10.1. The smallest absolute Gasteiger partial charge is 0.408 e. The van der Waals surface area contributed by atoms with Crippen molar-refractivity contribution in [2.75, 3.05) is 0 Å². The summed E-state index contributed by atoms with van der Waals surface area (Å²) in [5, 5.41) is 4.36. The molecule has 0 radical (unpaired) electrons. The molecule has 130 valence electrons. The maximum atomic E-state index is 13.1. The average Bonchev–Trinajstić information content (AvgIpc) is 2.92. The van der Waals surface area contributed by atoms with Crippen LogP contribution < -0.4 is 11.3 Å². The van der Waals surface area contributed by atoms with Gasteiger partial charge in [-0.25, -0.2) is 13.9 Å². The minimum Gasteiger partial charge on any atom is -0.408 e. The van der Waals surface area contributed by atoms with E-state index >= 15 is 0 Å². The lowest BCUT2D eigenvalue weighted by Gasteiger charge is -2.08. The van der Waals surface area contributed by atoms with Gasteiger partial charge in [-0.2, -0.15) is 5.10 Å². The van der Waals surface area contributed by atoms with Gasteiger partial charge in [0.15, 0.2) is 5.58 Å². The van der Waals surface area contributed by atoms with E-state index in [4.69, 9.17) is 4.42 Å². The number of aromatic nitrogens is 3. The molecule has 0 aliphatic rings. The predicted octanol–water partition coefficient (Wildman–Crippen LogP) is 2.54. The summed E-state index contributed by atoms with van der Waals surface area (Å²) in [6, 6.07) is 14.2. The van der Waals surface area contributed by atoms with Crippen LogP contribution in [0.5, 0.6) is 0 Å². The number of hydrogen-bond donors (Lipinski definition) is 0. The summed E-state index contributed by atoms with van der Waals surface area (Å²) in [6.45, 7) is 0.239. The molecule has 2 aromatic heterocycles. The zero-order chi connectivity index (χ0) is 18.3. The maximum Gasteiger partial charge on any atom is 0.419 e. The van der Waals surface area contributed by atoms with E-state index in [0.29, 0.717) is 22.4 Å². The van der Waals surface area contributed by atoms with Crippen molar-refractivity contribution >= 4 is 11.1 Å². The highest BCUT2D eigenvalue weighted by Crippen LogP contribution is 2.17. The number of benzene rings is 2. The van der Waals surface area contributed by atoms with E-state index < -0.39 is 5.76 Å². The third kappa shape index (κ3) is 2.83. The van der Waals surface area contributed by atoms with Crippen molar-refractivity contribution in [1.82, 2.24) is 14.3 Å². The lowest BCUT2D eigenvalue weighted by molar-refractivity contribution is 0.528. The molecule has 4 rings (SSSR count). The summed E-state index contributed by atoms with van der Waals surface area (Å²) < 4.78 is 20.9. The Kier molecular flexibility index (Phi) is 3.76. The van der Waals surface area contributed by atoms with Gasteiger partial charge in [0, 0.05) is 18.7 Å². The Morgan fingerprint density at radius 1 is 1.04 bits per heavy atom. The molecular formula is C19H14FN3O3. The van der Waals surface area contributed by atoms with Crippen molar-refractivity contribution in [2.24, 2.45) is 7.05 Å². The van der Waals surface area contributed by atoms with Crippen LogP contribution in [0.1, 0.15) is 5.56 Å². The predicted molar refractivity (Wildman–Crippen MR) is 94.4 cm³/mol. The van der Waals surface area contributed by atoms with Crippen LogP contribution in [-0.2, 0) is 13.6 Å². The number of aryl methyl sites for hydroxylation is 1. The Bertz CT molecular complexity index is 1220. The molecule has 2 heterocycles. The standard InChI is InChI=1S/C19H14FN3O3/c1-22-16-10-12(2-8-17(16)26-19(22)25)11-23-18(24)9-7-15(21-23)13-3-5-14(20)6-4-13/h2-10H,11H2,1H3. The van der Waals surface area contributed by atoms with Gasteiger partial charge in [-0.3, -0.25) is 9.36 Å². The Morgan fingerprint density at radius 3 is 2.58 bits per heavy atom. The second-order valence-electron chi connectivity index (χ2n) is 5.95. The number of fused-ring (bicyclic) bond motifs is 1. The van der Waals surface area contributed by atoms with Crippen LogP contribution in [0.25, 0.3) is 22.4 Å². The van der Waals surface area contributed by atoms with Crippen molar-refractivity contribution in [3.8, 4) is 11.3 Å². The third-order valence-electron chi connectivity index (χ3n) is 4.19. The third-order valence-corrected chi connectivity index (χ3v) is 4.19. The van der Waals surface area contributed by atoms with Gasteiger partial charge in [-0.15, -0.1) is 0 Å². The van der Waals surface area contributed by atoms with Crippen molar-refractivity contribution in [1.29, 1.82) is 0 Å². The monoisotopic (exact) mass is 351 g/mol. The maximum absolute atomic E-state index is 13.1. The number of halogens is 1. The number of hydrogen-bond acceptors (Lipinski definition) is 4. The van der Waals surface area contributed by atoms with Crippen LogP contribution in [0.15, 0.2) is 68.6 Å². The first-order valence-corrected chi connectivity index (χ1v) is 7.94. The Labute approximate surface area is 146 Å². The summed E-state index contributed by atoms with van der Waals surface area (Å²) in [4.78, 5) is 23.8. The molecule has 0 bridgehead atoms. The van der Waals surface area contributed by atoms with Crippen LogP contribution in [0.3, 0.4) is 0 Å². The summed E-state index contributed by atoms with van der Waals surface area (Å²) in [7, 11) is 1.62. The summed E-state index contributed by atoms with van der Waals surface area (Å²) in [5.74, 6) is -0.771. The molecule has 4 aromatic rings. The van der Waals surface area contributed by atoms with E-state index in [-0.39, 0.29) is 17.9 Å². The van der Waals surface area contributed by atoms with E-state index in [2.05, 4.69) is 5.10 Å². The largest absolute Gasteiger partial charge is 0.419 e. The van der Waals surface area contributed by atoms with Crippen LogP contribution in [0.2, 0.25) is 0 Å². The van der Waals surface area contributed by atoms with Gasteiger partial charge < -0.3 is 4.42 Å². The SMILES string of the molecule is Cn1c(=O)oc2ccc(Cn3nc(-c4ccc(F)cc4)ccc3=O)cc21. The molecule has 0 aliphatic heterocycles. The fourth-order valence-corrected chi connectivity index (χ4v) is 2.78. The highest BCUT2D eigenvalue weighted by molar-refractivity contribution is 5.73. The summed E-state index contributed by atoms with van der Waals surface area (Å²) >= 11 is 0. The second-order valence-corrected chi connectivity index (χ2v) is 5.95.